The number of nitrogens with two attached hydrogens (primary N) is 1. The first kappa shape index (κ1) is 21.4. The summed E-state index contributed by atoms with van der Waals surface area (Å²) in [4.78, 5) is 26.4. The zero-order chi connectivity index (χ0) is 17.7. The van der Waals surface area contributed by atoms with Gasteiger partial charge in [0.15, 0.2) is 0 Å². The van der Waals surface area contributed by atoms with E-state index >= 15 is 0 Å². The Hall–Kier alpha value is -1.60. The van der Waals surface area contributed by atoms with Gasteiger partial charge in [-0.05, 0) is 40.0 Å². The number of likely N-dealkylation sites (tertiary alicyclic amines) is 1. The molecule has 0 bridgehead atoms. The topological polar surface area (TPSA) is 93.2 Å². The second-order valence-corrected chi connectivity index (χ2v) is 7.34. The highest BCUT2D eigenvalue weighted by Crippen LogP contribution is 2.20. The van der Waals surface area contributed by atoms with Crippen LogP contribution in [-0.2, 0) is 10.3 Å². The highest BCUT2D eigenvalue weighted by molar-refractivity contribution is 5.94. The predicted octanol–water partition coefficient (Wildman–Crippen LogP) is 1.52. The highest BCUT2D eigenvalue weighted by atomic mass is 35.5. The summed E-state index contributed by atoms with van der Waals surface area (Å²) in [7, 11) is 0. The summed E-state index contributed by atoms with van der Waals surface area (Å²) < 4.78 is 1.81. The van der Waals surface area contributed by atoms with Gasteiger partial charge in [-0.25, -0.2) is 0 Å². The van der Waals surface area contributed by atoms with Gasteiger partial charge in [-0.15, -0.1) is 12.4 Å². The lowest BCUT2D eigenvalue weighted by Gasteiger charge is -2.35. The molecule has 0 aliphatic carbocycles. The number of carbonyl (C=O) groups excluding carboxylic acids is 2. The molecule has 2 amide bonds. The van der Waals surface area contributed by atoms with Crippen LogP contribution in [0.5, 0.6) is 0 Å². The Morgan fingerprint density at radius 1 is 1.36 bits per heavy atom. The molecule has 0 aromatic carbocycles. The molecule has 0 radical (unpaired) electrons. The maximum absolute atomic E-state index is 12.9. The standard InChI is InChI=1S/C17H29N5O2.ClH/c1-17(2,3)22-12-13(10-20-22)16(24)21-9-5-4-6-14(21)11-19-15(23)7-8-18;/h10,12,14H,4-9,11,18H2,1-3H3,(H,19,23);1H. The molecule has 142 valence electrons. The van der Waals surface area contributed by atoms with Crippen molar-refractivity contribution in [2.75, 3.05) is 19.6 Å². The van der Waals surface area contributed by atoms with Gasteiger partial charge in [-0.2, -0.15) is 5.10 Å². The van der Waals surface area contributed by atoms with Gasteiger partial charge in [0.05, 0.1) is 17.3 Å². The molecular formula is C17H30ClN5O2. The molecule has 25 heavy (non-hydrogen) atoms. The Bertz CT molecular complexity index is 582. The molecule has 1 atom stereocenters. The fourth-order valence-electron chi connectivity index (χ4n) is 2.90. The van der Waals surface area contributed by atoms with Crippen molar-refractivity contribution < 1.29 is 9.59 Å². The number of piperidine rings is 1. The molecule has 1 fully saturated rings. The van der Waals surface area contributed by atoms with Crippen LogP contribution in [0, 0.1) is 0 Å². The van der Waals surface area contributed by atoms with E-state index in [1.807, 2.05) is 30.4 Å². The zero-order valence-corrected chi connectivity index (χ0v) is 16.1. The van der Waals surface area contributed by atoms with E-state index < -0.39 is 0 Å². The molecule has 7 nitrogen and oxygen atoms in total. The van der Waals surface area contributed by atoms with Gasteiger partial charge >= 0.3 is 0 Å². The van der Waals surface area contributed by atoms with Crippen molar-refractivity contribution in [2.45, 2.75) is 58.0 Å². The average molecular weight is 372 g/mol. The Morgan fingerprint density at radius 2 is 2.08 bits per heavy atom. The third-order valence-electron chi connectivity index (χ3n) is 4.31. The highest BCUT2D eigenvalue weighted by Gasteiger charge is 2.29. The molecule has 2 rings (SSSR count). The summed E-state index contributed by atoms with van der Waals surface area (Å²) in [6.07, 6.45) is 6.73. The Kier molecular flexibility index (Phi) is 7.89. The number of rotatable bonds is 5. The number of halogens is 1. The molecule has 1 aromatic rings. The molecule has 1 aliphatic heterocycles. The second-order valence-electron chi connectivity index (χ2n) is 7.34. The summed E-state index contributed by atoms with van der Waals surface area (Å²) in [6.45, 7) is 7.68. The van der Waals surface area contributed by atoms with Crippen LogP contribution in [0.4, 0.5) is 0 Å². The quantitative estimate of drug-likeness (QED) is 0.820. The number of nitrogens with zero attached hydrogens (tertiary/aromatic N) is 3. The molecule has 0 saturated carbocycles. The van der Waals surface area contributed by atoms with E-state index in [-0.39, 0.29) is 35.8 Å². The van der Waals surface area contributed by atoms with Crippen molar-refractivity contribution in [2.24, 2.45) is 5.73 Å². The monoisotopic (exact) mass is 371 g/mol. The van der Waals surface area contributed by atoms with Crippen LogP contribution in [-0.4, -0.2) is 52.2 Å². The maximum Gasteiger partial charge on any atom is 0.257 e. The number of carbonyl (C=O) groups is 2. The van der Waals surface area contributed by atoms with Crippen LogP contribution in [0.2, 0.25) is 0 Å². The van der Waals surface area contributed by atoms with Crippen LogP contribution in [0.25, 0.3) is 0 Å². The first-order valence-corrected chi connectivity index (χ1v) is 8.66. The molecule has 1 aliphatic rings. The zero-order valence-electron chi connectivity index (χ0n) is 15.3. The molecule has 2 heterocycles. The van der Waals surface area contributed by atoms with Gasteiger partial charge in [-0.1, -0.05) is 0 Å². The van der Waals surface area contributed by atoms with Gasteiger partial charge in [0.1, 0.15) is 0 Å². The number of aromatic nitrogens is 2. The summed E-state index contributed by atoms with van der Waals surface area (Å²) in [5, 5.41) is 7.20. The minimum atomic E-state index is -0.157. The van der Waals surface area contributed by atoms with E-state index in [4.69, 9.17) is 5.73 Å². The van der Waals surface area contributed by atoms with Crippen molar-refractivity contribution in [3.63, 3.8) is 0 Å². The van der Waals surface area contributed by atoms with E-state index in [2.05, 4.69) is 10.4 Å². The maximum atomic E-state index is 12.9. The van der Waals surface area contributed by atoms with Crippen molar-refractivity contribution in [1.29, 1.82) is 0 Å². The number of hydrogen-bond acceptors (Lipinski definition) is 4. The molecule has 3 N–H and O–H groups in total. The van der Waals surface area contributed by atoms with E-state index in [1.165, 1.54) is 0 Å². The lowest BCUT2D eigenvalue weighted by Crippen LogP contribution is -2.49. The minimum absolute atomic E-state index is 0. The van der Waals surface area contributed by atoms with Crippen LogP contribution in [0.15, 0.2) is 12.4 Å². The molecule has 1 unspecified atom stereocenters. The van der Waals surface area contributed by atoms with Crippen LogP contribution in [0.3, 0.4) is 0 Å². The van der Waals surface area contributed by atoms with Crippen molar-refractivity contribution in [3.8, 4) is 0 Å². The second kappa shape index (κ2) is 9.20. The van der Waals surface area contributed by atoms with Gasteiger partial charge in [0.2, 0.25) is 5.91 Å². The summed E-state index contributed by atoms with van der Waals surface area (Å²) >= 11 is 0. The third kappa shape index (κ3) is 5.71. The minimum Gasteiger partial charge on any atom is -0.354 e. The summed E-state index contributed by atoms with van der Waals surface area (Å²) in [5.41, 5.74) is 5.84. The van der Waals surface area contributed by atoms with Crippen LogP contribution >= 0.6 is 12.4 Å². The molecule has 1 aromatic heterocycles. The summed E-state index contributed by atoms with van der Waals surface area (Å²) in [6, 6.07) is 0.0333. The molecular weight excluding hydrogens is 342 g/mol. The third-order valence-corrected chi connectivity index (χ3v) is 4.31. The average Bonchev–Trinajstić information content (AvgIpc) is 3.03. The van der Waals surface area contributed by atoms with E-state index in [0.717, 1.165) is 25.8 Å². The molecule has 0 spiro atoms. The lowest BCUT2D eigenvalue weighted by molar-refractivity contribution is -0.121. The largest absolute Gasteiger partial charge is 0.354 e. The normalized spacial score (nSPS) is 17.8. The van der Waals surface area contributed by atoms with Gasteiger partial charge < -0.3 is 16.0 Å². The predicted molar refractivity (Wildman–Crippen MR) is 99.8 cm³/mol. The molecule has 1 saturated heterocycles. The number of hydrogen-bond donors (Lipinski definition) is 2. The number of amides is 2. The number of nitrogens with one attached hydrogen (secondary N) is 1. The Morgan fingerprint density at radius 3 is 2.68 bits per heavy atom. The molecule has 8 heteroatoms. The Labute approximate surface area is 155 Å². The van der Waals surface area contributed by atoms with Gasteiger partial charge in [0, 0.05) is 38.3 Å². The smallest absolute Gasteiger partial charge is 0.257 e. The van der Waals surface area contributed by atoms with E-state index in [1.54, 1.807) is 12.4 Å². The van der Waals surface area contributed by atoms with Gasteiger partial charge in [-0.3, -0.25) is 14.3 Å². The lowest BCUT2D eigenvalue weighted by atomic mass is 10.0. The van der Waals surface area contributed by atoms with Crippen molar-refractivity contribution in [3.05, 3.63) is 18.0 Å². The van der Waals surface area contributed by atoms with Crippen molar-refractivity contribution >= 4 is 24.2 Å². The summed E-state index contributed by atoms with van der Waals surface area (Å²) in [5.74, 6) is -0.0701. The van der Waals surface area contributed by atoms with Crippen LogP contribution in [0.1, 0.15) is 56.8 Å². The fraction of sp³-hybridized carbons (Fsp3) is 0.706. The van der Waals surface area contributed by atoms with Crippen molar-refractivity contribution in [1.82, 2.24) is 20.0 Å². The fourth-order valence-corrected chi connectivity index (χ4v) is 2.90. The van der Waals surface area contributed by atoms with Gasteiger partial charge in [0.25, 0.3) is 5.91 Å². The first-order chi connectivity index (χ1) is 11.3. The SMILES string of the molecule is CC(C)(C)n1cc(C(=O)N2CCCCC2CNC(=O)CCN)cn1.Cl. The Balaban J connectivity index is 0.00000312. The first-order valence-electron chi connectivity index (χ1n) is 8.66. The van der Waals surface area contributed by atoms with Crippen LogP contribution < -0.4 is 11.1 Å². The van der Waals surface area contributed by atoms with E-state index in [9.17, 15) is 9.59 Å². The van der Waals surface area contributed by atoms with E-state index in [0.29, 0.717) is 25.1 Å².